The summed E-state index contributed by atoms with van der Waals surface area (Å²) >= 11 is 2.84. The number of halogens is 2. The molecule has 2 rings (SSSR count). The Labute approximate surface area is 129 Å². The number of carbonyl (C=O) groups excluding carboxylic acids is 1. The molecule has 7 heteroatoms. The zero-order valence-corrected chi connectivity index (χ0v) is 13.2. The van der Waals surface area contributed by atoms with Crippen molar-refractivity contribution in [3.63, 3.8) is 0 Å². The maximum Gasteiger partial charge on any atom is 0.222 e. The van der Waals surface area contributed by atoms with Crippen LogP contribution >= 0.6 is 23.1 Å². The van der Waals surface area contributed by atoms with E-state index < -0.39 is 17.5 Å². The van der Waals surface area contributed by atoms with Gasteiger partial charge in [-0.25, -0.2) is 13.8 Å². The van der Waals surface area contributed by atoms with E-state index in [1.165, 1.54) is 29.2 Å². The fraction of sp³-hybridized carbons (Fsp3) is 0.286. The Morgan fingerprint density at radius 2 is 2.14 bits per heavy atom. The summed E-state index contributed by atoms with van der Waals surface area (Å²) in [6.07, 6.45) is 0.170. The van der Waals surface area contributed by atoms with Crippen molar-refractivity contribution in [3.8, 4) is 0 Å². The van der Waals surface area contributed by atoms with Crippen molar-refractivity contribution >= 4 is 29.0 Å². The fourth-order valence-electron chi connectivity index (χ4n) is 1.76. The highest BCUT2D eigenvalue weighted by molar-refractivity contribution is 8.01. The molecule has 1 heterocycles. The van der Waals surface area contributed by atoms with Gasteiger partial charge in [-0.15, -0.1) is 11.3 Å². The van der Waals surface area contributed by atoms with Crippen molar-refractivity contribution in [2.45, 2.75) is 29.9 Å². The van der Waals surface area contributed by atoms with Crippen molar-refractivity contribution < 1.29 is 13.6 Å². The van der Waals surface area contributed by atoms with Gasteiger partial charge < -0.3 is 5.73 Å². The molecule has 0 aliphatic heterocycles. The highest BCUT2D eigenvalue weighted by atomic mass is 32.2. The minimum absolute atomic E-state index is 0.0768. The van der Waals surface area contributed by atoms with E-state index in [1.807, 2.05) is 13.8 Å². The summed E-state index contributed by atoms with van der Waals surface area (Å²) in [6.45, 7) is 3.71. The number of thiazole rings is 1. The van der Waals surface area contributed by atoms with Gasteiger partial charge in [-0.3, -0.25) is 4.79 Å². The van der Waals surface area contributed by atoms with Crippen molar-refractivity contribution in [2.75, 3.05) is 0 Å². The van der Waals surface area contributed by atoms with E-state index in [1.54, 1.807) is 6.07 Å². The molecule has 0 aliphatic carbocycles. The average molecular weight is 328 g/mol. The van der Waals surface area contributed by atoms with Crippen LogP contribution in [0.4, 0.5) is 8.78 Å². The van der Waals surface area contributed by atoms with Crippen LogP contribution in [0.15, 0.2) is 22.5 Å². The van der Waals surface area contributed by atoms with Gasteiger partial charge in [0.25, 0.3) is 0 Å². The van der Waals surface area contributed by atoms with Gasteiger partial charge in [0, 0.05) is 10.1 Å². The van der Waals surface area contributed by atoms with Crippen LogP contribution in [0.2, 0.25) is 0 Å². The first-order valence-electron chi connectivity index (χ1n) is 6.23. The minimum atomic E-state index is -0.857. The third-order valence-corrected chi connectivity index (χ3v) is 5.31. The summed E-state index contributed by atoms with van der Waals surface area (Å²) in [6, 6.07) is 3.87. The second-order valence-electron chi connectivity index (χ2n) is 4.57. The van der Waals surface area contributed by atoms with Crippen LogP contribution < -0.4 is 5.73 Å². The number of hydrogen-bond acceptors (Lipinski definition) is 4. The second kappa shape index (κ2) is 6.53. The number of aryl methyl sites for hydroxylation is 1. The van der Waals surface area contributed by atoms with Gasteiger partial charge in [0.2, 0.25) is 5.91 Å². The molecule has 0 saturated heterocycles. The molecule has 0 radical (unpaired) electrons. The van der Waals surface area contributed by atoms with E-state index in [2.05, 4.69) is 4.98 Å². The normalized spacial score (nSPS) is 12.4. The Kier molecular flexibility index (Phi) is 4.95. The maximum absolute atomic E-state index is 13.2. The van der Waals surface area contributed by atoms with Gasteiger partial charge in [-0.1, -0.05) is 17.8 Å². The van der Waals surface area contributed by atoms with E-state index in [-0.39, 0.29) is 11.7 Å². The second-order valence-corrected chi connectivity index (χ2v) is 7.24. The molecule has 3 nitrogen and oxygen atoms in total. The van der Waals surface area contributed by atoms with E-state index in [0.717, 1.165) is 21.0 Å². The van der Waals surface area contributed by atoms with Gasteiger partial charge in [-0.05, 0) is 31.5 Å². The number of carbonyl (C=O) groups is 1. The van der Waals surface area contributed by atoms with E-state index in [9.17, 15) is 13.6 Å². The van der Waals surface area contributed by atoms with Crippen LogP contribution in [-0.2, 0) is 11.2 Å². The van der Waals surface area contributed by atoms with Crippen LogP contribution in [0.1, 0.15) is 28.3 Å². The predicted molar refractivity (Wildman–Crippen MR) is 80.4 cm³/mol. The van der Waals surface area contributed by atoms with Crippen LogP contribution in [0.25, 0.3) is 0 Å². The lowest BCUT2D eigenvalue weighted by atomic mass is 10.1. The number of rotatable bonds is 5. The molecule has 0 spiro atoms. The molecule has 1 amide bonds. The van der Waals surface area contributed by atoms with Crippen LogP contribution in [0, 0.1) is 18.6 Å². The molecule has 1 aromatic carbocycles. The van der Waals surface area contributed by atoms with Crippen LogP contribution in [0.3, 0.4) is 0 Å². The molecular weight excluding hydrogens is 314 g/mol. The summed E-state index contributed by atoms with van der Waals surface area (Å²) in [4.78, 5) is 16.2. The number of primary amides is 1. The largest absolute Gasteiger partial charge is 0.369 e. The molecule has 2 aromatic rings. The summed E-state index contributed by atoms with van der Waals surface area (Å²) in [7, 11) is 0. The maximum atomic E-state index is 13.2. The van der Waals surface area contributed by atoms with Crippen molar-refractivity contribution in [1.82, 2.24) is 4.98 Å². The van der Waals surface area contributed by atoms with Gasteiger partial charge >= 0.3 is 0 Å². The molecule has 1 unspecified atom stereocenters. The number of nitrogens with two attached hydrogens (primary N) is 1. The molecule has 2 N–H and O–H groups in total. The van der Waals surface area contributed by atoms with Gasteiger partial charge in [-0.2, -0.15) is 0 Å². The lowest BCUT2D eigenvalue weighted by Gasteiger charge is -2.09. The zero-order valence-electron chi connectivity index (χ0n) is 11.5. The number of aromatic nitrogens is 1. The fourth-order valence-corrected chi connectivity index (χ4v) is 4.26. The molecular formula is C14H14F2N2OS2. The zero-order chi connectivity index (χ0) is 15.6. The summed E-state index contributed by atoms with van der Waals surface area (Å²) < 4.78 is 27.0. The molecule has 0 saturated carbocycles. The minimum Gasteiger partial charge on any atom is -0.369 e. The first-order valence-corrected chi connectivity index (χ1v) is 7.92. The standard InChI is InChI=1S/C14H14F2N2OS2/c1-7-12(6-13(17)19)21-14(18-7)20-8(2)9-3-4-10(15)11(16)5-9/h3-5,8H,6H2,1-2H3,(H2,17,19). The highest BCUT2D eigenvalue weighted by Crippen LogP contribution is 2.38. The van der Waals surface area contributed by atoms with Gasteiger partial charge in [0.05, 0.1) is 12.1 Å². The smallest absolute Gasteiger partial charge is 0.222 e. The van der Waals surface area contributed by atoms with E-state index in [4.69, 9.17) is 5.73 Å². The van der Waals surface area contributed by atoms with Crippen molar-refractivity contribution in [3.05, 3.63) is 46.0 Å². The Morgan fingerprint density at radius 3 is 2.76 bits per heavy atom. The van der Waals surface area contributed by atoms with Crippen molar-refractivity contribution in [1.29, 1.82) is 0 Å². The topological polar surface area (TPSA) is 56.0 Å². The lowest BCUT2D eigenvalue weighted by molar-refractivity contribution is -0.117. The van der Waals surface area contributed by atoms with Gasteiger partial charge in [0.15, 0.2) is 16.0 Å². The van der Waals surface area contributed by atoms with E-state index >= 15 is 0 Å². The van der Waals surface area contributed by atoms with Gasteiger partial charge in [0.1, 0.15) is 0 Å². The Balaban J connectivity index is 2.13. The molecule has 112 valence electrons. The summed E-state index contributed by atoms with van der Waals surface area (Å²) in [5, 5.41) is -0.0768. The Bertz CT molecular complexity index is 673. The molecule has 0 fully saturated rings. The van der Waals surface area contributed by atoms with Crippen LogP contribution in [-0.4, -0.2) is 10.9 Å². The summed E-state index contributed by atoms with van der Waals surface area (Å²) in [5.74, 6) is -2.11. The van der Waals surface area contributed by atoms with Crippen molar-refractivity contribution in [2.24, 2.45) is 5.73 Å². The molecule has 0 bridgehead atoms. The Morgan fingerprint density at radius 1 is 1.43 bits per heavy atom. The number of nitrogens with zero attached hydrogens (tertiary/aromatic N) is 1. The number of benzene rings is 1. The molecule has 0 aliphatic rings. The lowest BCUT2D eigenvalue weighted by Crippen LogP contribution is -2.13. The third-order valence-electron chi connectivity index (χ3n) is 2.90. The monoisotopic (exact) mass is 328 g/mol. The first-order chi connectivity index (χ1) is 9.86. The molecule has 1 atom stereocenters. The number of amides is 1. The molecule has 21 heavy (non-hydrogen) atoms. The third kappa shape index (κ3) is 4.01. The predicted octanol–water partition coefficient (Wildman–Crippen LogP) is 3.61. The van der Waals surface area contributed by atoms with E-state index in [0.29, 0.717) is 5.56 Å². The van der Waals surface area contributed by atoms with Crippen LogP contribution in [0.5, 0.6) is 0 Å². The quantitative estimate of drug-likeness (QED) is 0.853. The number of hydrogen-bond donors (Lipinski definition) is 1. The molecule has 1 aromatic heterocycles. The first kappa shape index (κ1) is 15.9. The SMILES string of the molecule is Cc1nc(SC(C)c2ccc(F)c(F)c2)sc1CC(N)=O. The highest BCUT2D eigenvalue weighted by Gasteiger charge is 2.15. The number of thioether (sulfide) groups is 1. The Hall–Kier alpha value is -1.47. The average Bonchev–Trinajstić information content (AvgIpc) is 2.72. The summed E-state index contributed by atoms with van der Waals surface area (Å²) in [5.41, 5.74) is 6.64.